The van der Waals surface area contributed by atoms with Gasteiger partial charge in [-0.1, -0.05) is 6.92 Å². The Morgan fingerprint density at radius 1 is 1.00 bits per heavy atom. The first-order valence-corrected chi connectivity index (χ1v) is 8.69. The first-order valence-electron chi connectivity index (χ1n) is 8.69. The SMILES string of the molecule is CCN1CCN(C2CCN(C(C)(C)C)CC2)CC12CC2. The van der Waals surface area contributed by atoms with Crippen LogP contribution in [0.2, 0.25) is 0 Å². The predicted octanol–water partition coefficient (Wildman–Crippen LogP) is 2.42. The van der Waals surface area contributed by atoms with Gasteiger partial charge in [0.05, 0.1) is 0 Å². The summed E-state index contributed by atoms with van der Waals surface area (Å²) in [5.74, 6) is 0. The van der Waals surface area contributed by atoms with Crippen LogP contribution in [-0.2, 0) is 0 Å². The zero-order valence-electron chi connectivity index (χ0n) is 14.0. The molecule has 1 spiro atoms. The summed E-state index contributed by atoms with van der Waals surface area (Å²) in [5.41, 5.74) is 0.942. The normalized spacial score (nSPS) is 30.0. The molecule has 2 aliphatic heterocycles. The third kappa shape index (κ3) is 2.77. The molecule has 3 nitrogen and oxygen atoms in total. The van der Waals surface area contributed by atoms with E-state index in [0.29, 0.717) is 11.1 Å². The van der Waals surface area contributed by atoms with Gasteiger partial charge in [-0.3, -0.25) is 14.7 Å². The van der Waals surface area contributed by atoms with Crippen molar-refractivity contribution in [1.29, 1.82) is 0 Å². The van der Waals surface area contributed by atoms with E-state index in [9.17, 15) is 0 Å². The van der Waals surface area contributed by atoms with Crippen LogP contribution in [0.15, 0.2) is 0 Å². The molecular formula is C17H33N3. The molecule has 0 amide bonds. The Morgan fingerprint density at radius 2 is 1.65 bits per heavy atom. The summed E-state index contributed by atoms with van der Waals surface area (Å²) in [5, 5.41) is 0. The molecular weight excluding hydrogens is 246 g/mol. The van der Waals surface area contributed by atoms with Gasteiger partial charge < -0.3 is 0 Å². The third-order valence-corrected chi connectivity index (χ3v) is 5.96. The van der Waals surface area contributed by atoms with Gasteiger partial charge in [-0.15, -0.1) is 0 Å². The third-order valence-electron chi connectivity index (χ3n) is 5.96. The first-order chi connectivity index (χ1) is 9.44. The van der Waals surface area contributed by atoms with Crippen molar-refractivity contribution in [2.75, 3.05) is 39.3 Å². The lowest BCUT2D eigenvalue weighted by Crippen LogP contribution is -2.59. The summed E-state index contributed by atoms with van der Waals surface area (Å²) in [7, 11) is 0. The van der Waals surface area contributed by atoms with Gasteiger partial charge in [-0.2, -0.15) is 0 Å². The number of rotatable bonds is 2. The van der Waals surface area contributed by atoms with Crippen LogP contribution in [0.4, 0.5) is 0 Å². The highest BCUT2D eigenvalue weighted by Gasteiger charge is 2.51. The van der Waals surface area contributed by atoms with Crippen LogP contribution < -0.4 is 0 Å². The fourth-order valence-electron chi connectivity index (χ4n) is 4.37. The fraction of sp³-hybridized carbons (Fsp3) is 1.00. The molecule has 3 aliphatic rings. The maximum absolute atomic E-state index is 2.83. The lowest BCUT2D eigenvalue weighted by atomic mass is 9.95. The summed E-state index contributed by atoms with van der Waals surface area (Å²) in [6.45, 7) is 17.2. The molecule has 3 heteroatoms. The predicted molar refractivity (Wildman–Crippen MR) is 85.1 cm³/mol. The van der Waals surface area contributed by atoms with E-state index in [1.807, 2.05) is 0 Å². The second kappa shape index (κ2) is 5.26. The minimum atomic E-state index is 0.351. The molecule has 1 aliphatic carbocycles. The first kappa shape index (κ1) is 14.8. The van der Waals surface area contributed by atoms with E-state index in [2.05, 4.69) is 42.4 Å². The Balaban J connectivity index is 1.55. The van der Waals surface area contributed by atoms with E-state index < -0.39 is 0 Å². The molecule has 2 heterocycles. The van der Waals surface area contributed by atoms with Gasteiger partial charge in [0, 0.05) is 49.8 Å². The highest BCUT2D eigenvalue weighted by atomic mass is 15.3. The molecule has 0 bridgehead atoms. The summed E-state index contributed by atoms with van der Waals surface area (Å²) in [6.07, 6.45) is 5.63. The van der Waals surface area contributed by atoms with Crippen molar-refractivity contribution in [3.05, 3.63) is 0 Å². The lowest BCUT2D eigenvalue weighted by Gasteiger charge is -2.48. The van der Waals surface area contributed by atoms with Crippen LogP contribution >= 0.6 is 0 Å². The average Bonchev–Trinajstić information content (AvgIpc) is 3.18. The molecule has 116 valence electrons. The maximum atomic E-state index is 2.83. The monoisotopic (exact) mass is 279 g/mol. The summed E-state index contributed by atoms with van der Waals surface area (Å²) in [6, 6.07) is 0.852. The van der Waals surface area contributed by atoms with Crippen molar-refractivity contribution < 1.29 is 0 Å². The molecule has 0 aromatic carbocycles. The van der Waals surface area contributed by atoms with Crippen LogP contribution in [-0.4, -0.2) is 71.1 Å². The number of piperazine rings is 1. The molecule has 0 aromatic rings. The molecule has 3 rings (SSSR count). The quantitative estimate of drug-likeness (QED) is 0.768. The molecule has 0 radical (unpaired) electrons. The Labute approximate surface area is 125 Å². The Bertz CT molecular complexity index is 335. The molecule has 3 fully saturated rings. The second-order valence-electron chi connectivity index (χ2n) is 8.16. The van der Waals surface area contributed by atoms with Crippen LogP contribution in [0, 0.1) is 0 Å². The topological polar surface area (TPSA) is 9.72 Å². The van der Waals surface area contributed by atoms with Crippen molar-refractivity contribution in [2.24, 2.45) is 0 Å². The van der Waals surface area contributed by atoms with E-state index >= 15 is 0 Å². The Hall–Kier alpha value is -0.120. The van der Waals surface area contributed by atoms with Gasteiger partial charge in [0.1, 0.15) is 0 Å². The van der Waals surface area contributed by atoms with E-state index in [1.165, 1.54) is 65.0 Å². The smallest absolute Gasteiger partial charge is 0.0338 e. The zero-order valence-corrected chi connectivity index (χ0v) is 14.0. The van der Waals surface area contributed by atoms with Gasteiger partial charge in [-0.25, -0.2) is 0 Å². The Morgan fingerprint density at radius 3 is 2.15 bits per heavy atom. The number of likely N-dealkylation sites (tertiary alicyclic amines) is 1. The van der Waals surface area contributed by atoms with Crippen molar-refractivity contribution in [1.82, 2.24) is 14.7 Å². The van der Waals surface area contributed by atoms with E-state index in [0.717, 1.165) is 6.04 Å². The van der Waals surface area contributed by atoms with Crippen LogP contribution in [0.5, 0.6) is 0 Å². The fourth-order valence-corrected chi connectivity index (χ4v) is 4.37. The maximum Gasteiger partial charge on any atom is 0.0338 e. The van der Waals surface area contributed by atoms with Gasteiger partial charge in [0.2, 0.25) is 0 Å². The van der Waals surface area contributed by atoms with Crippen molar-refractivity contribution >= 4 is 0 Å². The number of nitrogens with zero attached hydrogens (tertiary/aromatic N) is 3. The summed E-state index contributed by atoms with van der Waals surface area (Å²) in [4.78, 5) is 8.24. The zero-order chi connectivity index (χ0) is 14.4. The van der Waals surface area contributed by atoms with Crippen LogP contribution in [0.1, 0.15) is 53.4 Å². The highest BCUT2D eigenvalue weighted by Crippen LogP contribution is 2.44. The summed E-state index contributed by atoms with van der Waals surface area (Å²) < 4.78 is 0. The van der Waals surface area contributed by atoms with E-state index in [4.69, 9.17) is 0 Å². The molecule has 0 unspecified atom stereocenters. The van der Waals surface area contributed by atoms with Crippen molar-refractivity contribution in [2.45, 2.75) is 70.5 Å². The average molecular weight is 279 g/mol. The van der Waals surface area contributed by atoms with Crippen molar-refractivity contribution in [3.63, 3.8) is 0 Å². The van der Waals surface area contributed by atoms with Gasteiger partial charge in [0.25, 0.3) is 0 Å². The second-order valence-corrected chi connectivity index (χ2v) is 8.16. The van der Waals surface area contributed by atoms with Crippen LogP contribution in [0.3, 0.4) is 0 Å². The van der Waals surface area contributed by atoms with E-state index in [1.54, 1.807) is 0 Å². The molecule has 2 saturated heterocycles. The lowest BCUT2D eigenvalue weighted by molar-refractivity contribution is 0.00335. The number of piperidine rings is 1. The minimum absolute atomic E-state index is 0.351. The van der Waals surface area contributed by atoms with Gasteiger partial charge in [0.15, 0.2) is 0 Å². The highest BCUT2D eigenvalue weighted by molar-refractivity contribution is 5.09. The largest absolute Gasteiger partial charge is 0.298 e. The number of hydrogen-bond acceptors (Lipinski definition) is 3. The van der Waals surface area contributed by atoms with Crippen LogP contribution in [0.25, 0.3) is 0 Å². The minimum Gasteiger partial charge on any atom is -0.298 e. The molecule has 0 N–H and O–H groups in total. The standard InChI is InChI=1S/C17H33N3/c1-5-19-13-12-18(14-17(19)8-9-17)15-6-10-20(11-7-15)16(2,3)4/h15H,5-14H2,1-4H3. The number of hydrogen-bond donors (Lipinski definition) is 0. The van der Waals surface area contributed by atoms with Gasteiger partial charge >= 0.3 is 0 Å². The van der Waals surface area contributed by atoms with Gasteiger partial charge in [-0.05, 0) is 53.0 Å². The molecule has 0 aromatic heterocycles. The molecule has 0 atom stereocenters. The van der Waals surface area contributed by atoms with Crippen molar-refractivity contribution in [3.8, 4) is 0 Å². The van der Waals surface area contributed by atoms with E-state index in [-0.39, 0.29) is 0 Å². The molecule has 1 saturated carbocycles. The molecule has 20 heavy (non-hydrogen) atoms. The number of likely N-dealkylation sites (N-methyl/N-ethyl adjacent to an activating group) is 1. The Kier molecular flexibility index (Phi) is 3.89. The summed E-state index contributed by atoms with van der Waals surface area (Å²) >= 11 is 0.